The summed E-state index contributed by atoms with van der Waals surface area (Å²) in [5.74, 6) is 0.405. The number of nitro benzene ring substituents is 1. The van der Waals surface area contributed by atoms with Gasteiger partial charge in [0, 0.05) is 28.6 Å². The first-order chi connectivity index (χ1) is 13.3. The van der Waals surface area contributed by atoms with E-state index >= 15 is 0 Å². The van der Waals surface area contributed by atoms with Gasteiger partial charge in [0.05, 0.1) is 18.1 Å². The zero-order chi connectivity index (χ0) is 20.4. The van der Waals surface area contributed by atoms with Crippen LogP contribution in [0.15, 0.2) is 24.3 Å². The molecule has 2 fully saturated rings. The molecule has 2 aliphatic rings. The molecule has 0 aromatic heterocycles. The molecule has 5 N–H and O–H groups in total. The Hall–Kier alpha value is -1.02. The summed E-state index contributed by atoms with van der Waals surface area (Å²) in [4.78, 5) is 10.2. The number of non-ortho nitro benzene ring substituents is 1. The second-order valence-corrected chi connectivity index (χ2v) is 9.25. The Morgan fingerprint density at radius 2 is 1.86 bits per heavy atom. The Kier molecular flexibility index (Phi) is 8.64. The number of aliphatic hydroxyl groups excluding tert-OH is 5. The van der Waals surface area contributed by atoms with Gasteiger partial charge in [-0.25, -0.2) is 0 Å². The van der Waals surface area contributed by atoms with Crippen LogP contribution in [0.1, 0.15) is 11.9 Å². The highest BCUT2D eigenvalue weighted by Gasteiger charge is 2.51. The van der Waals surface area contributed by atoms with Gasteiger partial charge in [0.25, 0.3) is 5.69 Å². The average molecular weight is 454 g/mol. The summed E-state index contributed by atoms with van der Waals surface area (Å²) in [6, 6.07) is 5.59. The van der Waals surface area contributed by atoms with E-state index in [4.69, 9.17) is 9.47 Å². The number of hydrogen-bond acceptors (Lipinski definition) is 9. The quantitative estimate of drug-likeness (QED) is 0.162. The molecule has 29 heavy (non-hydrogen) atoms. The van der Waals surface area contributed by atoms with E-state index in [1.54, 1.807) is 0 Å². The lowest BCUT2D eigenvalue weighted by atomic mass is 10.1. The summed E-state index contributed by atoms with van der Waals surface area (Å²) >= 11 is 0. The smallest absolute Gasteiger partial charge is 0.269 e. The average Bonchev–Trinajstić information content (AvgIpc) is 2.94. The molecular formula is C17H24ClNO9S. The van der Waals surface area contributed by atoms with E-state index in [-0.39, 0.29) is 42.8 Å². The van der Waals surface area contributed by atoms with E-state index in [1.807, 2.05) is 0 Å². The van der Waals surface area contributed by atoms with Crippen molar-refractivity contribution in [3.8, 4) is 0 Å². The molecule has 164 valence electrons. The van der Waals surface area contributed by atoms with Crippen molar-refractivity contribution in [3.05, 3.63) is 39.9 Å². The zero-order valence-corrected chi connectivity index (χ0v) is 16.9. The Morgan fingerprint density at radius 3 is 2.45 bits per heavy atom. The Balaban J connectivity index is 0.00000300. The molecule has 8 atom stereocenters. The third-order valence-corrected chi connectivity index (χ3v) is 7.81. The molecule has 2 unspecified atom stereocenters. The Bertz CT molecular complexity index is 681. The summed E-state index contributed by atoms with van der Waals surface area (Å²) in [6.45, 7) is -0.400. The van der Waals surface area contributed by atoms with E-state index in [1.165, 1.54) is 24.3 Å². The highest BCUT2D eigenvalue weighted by Crippen LogP contribution is 2.31. The normalized spacial score (nSPS) is 35.7. The van der Waals surface area contributed by atoms with Crippen LogP contribution in [0.3, 0.4) is 0 Å². The van der Waals surface area contributed by atoms with Crippen LogP contribution >= 0.6 is 0 Å². The van der Waals surface area contributed by atoms with Crippen molar-refractivity contribution in [2.75, 3.05) is 24.7 Å². The fourth-order valence-electron chi connectivity index (χ4n) is 3.43. The number of nitrogens with zero attached hydrogens (tertiary/aromatic N) is 1. The van der Waals surface area contributed by atoms with Gasteiger partial charge in [0.2, 0.25) is 0 Å². The molecular weight excluding hydrogens is 430 g/mol. The molecule has 0 radical (unpaired) electrons. The van der Waals surface area contributed by atoms with Crippen LogP contribution < -0.4 is 12.4 Å². The topological polar surface area (TPSA) is 163 Å². The van der Waals surface area contributed by atoms with Gasteiger partial charge in [-0.1, -0.05) is 0 Å². The number of rotatable bonds is 6. The number of benzene rings is 1. The number of halogens is 1. The van der Waals surface area contributed by atoms with Crippen LogP contribution in [-0.2, 0) is 20.4 Å². The van der Waals surface area contributed by atoms with Crippen LogP contribution in [0.25, 0.3) is 0 Å². The van der Waals surface area contributed by atoms with Crippen molar-refractivity contribution >= 4 is 16.6 Å². The maximum atomic E-state index is 10.8. The molecule has 1 aromatic carbocycles. The predicted molar refractivity (Wildman–Crippen MR) is 98.7 cm³/mol. The summed E-state index contributed by atoms with van der Waals surface area (Å²) in [5, 5.41) is 60.2. The first-order valence-electron chi connectivity index (χ1n) is 8.82. The molecule has 12 heteroatoms. The molecule has 3 rings (SSSR count). The van der Waals surface area contributed by atoms with Crippen LogP contribution in [0.4, 0.5) is 5.69 Å². The van der Waals surface area contributed by atoms with Gasteiger partial charge in [0.15, 0.2) is 11.5 Å². The van der Waals surface area contributed by atoms with E-state index in [2.05, 4.69) is 0 Å². The fourth-order valence-corrected chi connectivity index (χ4v) is 6.12. The van der Waals surface area contributed by atoms with Crippen LogP contribution in [-0.4, -0.2) is 90.9 Å². The summed E-state index contributed by atoms with van der Waals surface area (Å²) in [7, 11) is -0.643. The van der Waals surface area contributed by atoms with Gasteiger partial charge >= 0.3 is 0 Å². The number of hydrogen-bond donors (Lipinski definition) is 5. The van der Waals surface area contributed by atoms with Gasteiger partial charge in [-0.3, -0.25) is 10.1 Å². The summed E-state index contributed by atoms with van der Waals surface area (Å²) < 4.78 is 11.1. The van der Waals surface area contributed by atoms with Crippen molar-refractivity contribution in [1.29, 1.82) is 0 Å². The van der Waals surface area contributed by atoms with Gasteiger partial charge in [0.1, 0.15) is 42.0 Å². The lowest BCUT2D eigenvalue weighted by molar-refractivity contribution is -0.384. The van der Waals surface area contributed by atoms with Gasteiger partial charge in [-0.2, -0.15) is 0 Å². The molecule has 0 amide bonds. The second-order valence-electron chi connectivity index (χ2n) is 6.90. The van der Waals surface area contributed by atoms with E-state index < -0.39 is 57.9 Å². The summed E-state index contributed by atoms with van der Waals surface area (Å²) in [6.07, 6.45) is -6.07. The van der Waals surface area contributed by atoms with Gasteiger partial charge in [-0.15, -0.1) is 0 Å². The Morgan fingerprint density at radius 1 is 1.21 bits per heavy atom. The number of aliphatic hydroxyl groups is 5. The highest BCUT2D eigenvalue weighted by atomic mass is 35.5. The van der Waals surface area contributed by atoms with Crippen molar-refractivity contribution in [3.63, 3.8) is 0 Å². The van der Waals surface area contributed by atoms with Gasteiger partial charge in [-0.05, 0) is 12.1 Å². The maximum absolute atomic E-state index is 10.8. The molecule has 2 aliphatic heterocycles. The molecule has 0 bridgehead atoms. The van der Waals surface area contributed by atoms with E-state index in [0.29, 0.717) is 5.56 Å². The van der Waals surface area contributed by atoms with Crippen molar-refractivity contribution in [2.45, 2.75) is 42.1 Å². The maximum Gasteiger partial charge on any atom is 0.269 e. The van der Waals surface area contributed by atoms with E-state index in [9.17, 15) is 35.6 Å². The molecule has 2 heterocycles. The largest absolute Gasteiger partial charge is 1.00 e. The van der Waals surface area contributed by atoms with Crippen LogP contribution in [0, 0.1) is 10.1 Å². The minimum Gasteiger partial charge on any atom is -1.00 e. The standard InChI is InChI=1S/C17H24NO9S.ClH/c19-5-14-15(23)12(21)7-28(14)8-13(22)16-11(20)6-26-17(27-16)9-1-3-10(4-2-9)18(24)25;/h1-4,11-17,19-23H,5-8H2;1H/q+1;/p-1/t11-,12-,13-,14-,15+,16+,17?,28?;/m1./s1. The molecule has 0 spiro atoms. The zero-order valence-electron chi connectivity index (χ0n) is 15.3. The van der Waals surface area contributed by atoms with E-state index in [0.717, 1.165) is 0 Å². The van der Waals surface area contributed by atoms with Crippen LogP contribution in [0.5, 0.6) is 0 Å². The van der Waals surface area contributed by atoms with Crippen LogP contribution in [0.2, 0.25) is 0 Å². The fraction of sp³-hybridized carbons (Fsp3) is 0.647. The predicted octanol–water partition coefficient (Wildman–Crippen LogP) is -4.55. The van der Waals surface area contributed by atoms with Crippen molar-refractivity contribution in [2.24, 2.45) is 0 Å². The highest BCUT2D eigenvalue weighted by molar-refractivity contribution is 7.97. The lowest BCUT2D eigenvalue weighted by Gasteiger charge is -2.36. The summed E-state index contributed by atoms with van der Waals surface area (Å²) in [5.41, 5.74) is 0.433. The minimum atomic E-state index is -1.10. The molecule has 2 saturated heterocycles. The minimum absolute atomic E-state index is 0. The van der Waals surface area contributed by atoms with Crippen molar-refractivity contribution < 1.29 is 52.3 Å². The first kappa shape index (κ1) is 24.3. The third kappa shape index (κ3) is 5.37. The molecule has 0 aliphatic carbocycles. The Labute approximate surface area is 176 Å². The molecule has 0 saturated carbocycles. The molecule has 1 aromatic rings. The monoisotopic (exact) mass is 453 g/mol. The van der Waals surface area contributed by atoms with Crippen molar-refractivity contribution in [1.82, 2.24) is 0 Å². The second kappa shape index (κ2) is 10.3. The SMILES string of the molecule is O=[N+]([O-])c1ccc(C2OC[C@@H](O)[C@@H]([C@H](O)C[S+]3C[C@@H](O)[C@H](O)[C@H]3CO)O2)cc1.[Cl-]. The third-order valence-electron chi connectivity index (χ3n) is 4.99. The van der Waals surface area contributed by atoms with Gasteiger partial charge < -0.3 is 47.4 Å². The lowest BCUT2D eigenvalue weighted by Crippen LogP contribution is -3.00. The first-order valence-corrected chi connectivity index (χ1v) is 10.4. The number of nitro groups is 1. The number of ether oxygens (including phenoxy) is 2. The molecule has 10 nitrogen and oxygen atoms in total.